The van der Waals surface area contributed by atoms with Crippen LogP contribution in [0.2, 0.25) is 5.02 Å². The van der Waals surface area contributed by atoms with Gasteiger partial charge in [-0.05, 0) is 52.7 Å². The molecule has 1 aliphatic heterocycles. The van der Waals surface area contributed by atoms with Gasteiger partial charge in [0, 0.05) is 37.7 Å². The number of thiophene rings is 1. The lowest BCUT2D eigenvalue weighted by molar-refractivity contribution is -0.134. The molecule has 2 amide bonds. The number of halogens is 3. The molecule has 150 valence electrons. The number of piperazine rings is 1. The molecule has 0 aliphatic carbocycles. The standard InChI is InChI=1S/C19H20BrClFN3O2S/c1-12(23-18(26)16-4-5-17(20)28-16)19(27)25-8-6-24(7-9-25)11-13-2-3-14(22)10-15(13)21/h2-5,10,12H,6-9,11H2,1H3,(H,23,26). The van der Waals surface area contributed by atoms with Gasteiger partial charge in [-0.1, -0.05) is 17.7 Å². The van der Waals surface area contributed by atoms with Gasteiger partial charge in [-0.3, -0.25) is 14.5 Å². The van der Waals surface area contributed by atoms with Crippen molar-refractivity contribution in [2.75, 3.05) is 26.2 Å². The van der Waals surface area contributed by atoms with Gasteiger partial charge in [0.25, 0.3) is 5.91 Å². The number of nitrogens with zero attached hydrogens (tertiary/aromatic N) is 2. The summed E-state index contributed by atoms with van der Waals surface area (Å²) in [5.74, 6) is -0.695. The van der Waals surface area contributed by atoms with Gasteiger partial charge in [-0.2, -0.15) is 0 Å². The second-order valence-electron chi connectivity index (χ2n) is 6.64. The summed E-state index contributed by atoms with van der Waals surface area (Å²) in [6.07, 6.45) is 0. The Kier molecular flexibility index (Phi) is 7.09. The molecule has 1 fully saturated rings. The van der Waals surface area contributed by atoms with Crippen LogP contribution in [-0.2, 0) is 11.3 Å². The number of benzene rings is 1. The van der Waals surface area contributed by atoms with Gasteiger partial charge in [0.1, 0.15) is 11.9 Å². The first kappa shape index (κ1) is 21.2. The van der Waals surface area contributed by atoms with Crippen LogP contribution in [0.4, 0.5) is 4.39 Å². The highest BCUT2D eigenvalue weighted by molar-refractivity contribution is 9.11. The smallest absolute Gasteiger partial charge is 0.262 e. The molecular formula is C19H20BrClFN3O2S. The van der Waals surface area contributed by atoms with Crippen LogP contribution < -0.4 is 5.32 Å². The van der Waals surface area contributed by atoms with E-state index in [0.29, 0.717) is 42.6 Å². The average Bonchev–Trinajstić information content (AvgIpc) is 3.10. The third kappa shape index (κ3) is 5.31. The number of hydrogen-bond acceptors (Lipinski definition) is 4. The molecule has 1 aliphatic rings. The average molecular weight is 489 g/mol. The van der Waals surface area contributed by atoms with Crippen LogP contribution in [0.1, 0.15) is 22.2 Å². The van der Waals surface area contributed by atoms with Gasteiger partial charge in [0.05, 0.1) is 8.66 Å². The van der Waals surface area contributed by atoms with E-state index in [2.05, 4.69) is 26.1 Å². The van der Waals surface area contributed by atoms with Gasteiger partial charge in [-0.15, -0.1) is 11.3 Å². The Morgan fingerprint density at radius 1 is 1.25 bits per heavy atom. The molecule has 1 N–H and O–H groups in total. The van der Waals surface area contributed by atoms with Crippen molar-refractivity contribution in [2.24, 2.45) is 0 Å². The summed E-state index contributed by atoms with van der Waals surface area (Å²) in [4.78, 5) is 29.4. The molecule has 1 unspecified atom stereocenters. The van der Waals surface area contributed by atoms with Crippen LogP contribution in [0.25, 0.3) is 0 Å². The third-order valence-electron chi connectivity index (χ3n) is 4.61. The molecule has 9 heteroatoms. The van der Waals surface area contributed by atoms with E-state index >= 15 is 0 Å². The van der Waals surface area contributed by atoms with Crippen LogP contribution in [0.3, 0.4) is 0 Å². The van der Waals surface area contributed by atoms with Crippen LogP contribution in [-0.4, -0.2) is 53.8 Å². The molecule has 5 nitrogen and oxygen atoms in total. The maximum absolute atomic E-state index is 13.2. The second kappa shape index (κ2) is 9.35. The highest BCUT2D eigenvalue weighted by Gasteiger charge is 2.26. The molecule has 3 rings (SSSR count). The van der Waals surface area contributed by atoms with E-state index in [0.717, 1.165) is 9.35 Å². The largest absolute Gasteiger partial charge is 0.340 e. The fraction of sp³-hybridized carbons (Fsp3) is 0.368. The SMILES string of the molecule is CC(NC(=O)c1ccc(Br)s1)C(=O)N1CCN(Cc2ccc(F)cc2Cl)CC1. The first-order valence-corrected chi connectivity index (χ1v) is 10.8. The number of amides is 2. The maximum atomic E-state index is 13.2. The van der Waals surface area contributed by atoms with E-state index in [-0.39, 0.29) is 17.6 Å². The Bertz CT molecular complexity index is 871. The van der Waals surface area contributed by atoms with Crippen molar-refractivity contribution in [3.8, 4) is 0 Å². The molecule has 2 aromatic rings. The third-order valence-corrected chi connectivity index (χ3v) is 6.58. The molecule has 1 saturated heterocycles. The number of carbonyl (C=O) groups is 2. The van der Waals surface area contributed by atoms with Gasteiger partial charge in [0.2, 0.25) is 5.91 Å². The summed E-state index contributed by atoms with van der Waals surface area (Å²) in [6, 6.07) is 7.34. The van der Waals surface area contributed by atoms with Crippen molar-refractivity contribution in [1.29, 1.82) is 0 Å². The molecule has 1 aromatic heterocycles. The van der Waals surface area contributed by atoms with E-state index in [1.807, 2.05) is 0 Å². The first-order valence-electron chi connectivity index (χ1n) is 8.85. The zero-order valence-electron chi connectivity index (χ0n) is 15.3. The predicted octanol–water partition coefficient (Wildman–Crippen LogP) is 3.77. The van der Waals surface area contributed by atoms with Crippen LogP contribution in [0, 0.1) is 5.82 Å². The van der Waals surface area contributed by atoms with E-state index in [9.17, 15) is 14.0 Å². The topological polar surface area (TPSA) is 52.7 Å². The molecule has 2 heterocycles. The minimum atomic E-state index is -0.591. The van der Waals surface area contributed by atoms with Crippen molar-refractivity contribution in [1.82, 2.24) is 15.1 Å². The minimum absolute atomic E-state index is 0.0940. The highest BCUT2D eigenvalue weighted by atomic mass is 79.9. The minimum Gasteiger partial charge on any atom is -0.340 e. The summed E-state index contributed by atoms with van der Waals surface area (Å²) in [5, 5.41) is 3.18. The monoisotopic (exact) mass is 487 g/mol. The molecule has 0 saturated carbocycles. The Hall–Kier alpha value is -1.48. The number of hydrogen-bond donors (Lipinski definition) is 1. The summed E-state index contributed by atoms with van der Waals surface area (Å²) >= 11 is 10.8. The van der Waals surface area contributed by atoms with Crippen LogP contribution in [0.15, 0.2) is 34.1 Å². The first-order chi connectivity index (χ1) is 13.3. The van der Waals surface area contributed by atoms with Crippen molar-refractivity contribution < 1.29 is 14.0 Å². The summed E-state index contributed by atoms with van der Waals surface area (Å²) < 4.78 is 14.0. The molecule has 0 radical (unpaired) electrons. The summed E-state index contributed by atoms with van der Waals surface area (Å²) in [5.41, 5.74) is 0.866. The second-order valence-corrected chi connectivity index (χ2v) is 9.51. The Labute approximate surface area is 180 Å². The van der Waals surface area contributed by atoms with E-state index in [1.54, 1.807) is 30.0 Å². The van der Waals surface area contributed by atoms with E-state index < -0.39 is 6.04 Å². The van der Waals surface area contributed by atoms with Crippen LogP contribution >= 0.6 is 38.9 Å². The van der Waals surface area contributed by atoms with E-state index in [4.69, 9.17) is 11.6 Å². The molecule has 1 aromatic carbocycles. The van der Waals surface area contributed by atoms with Crippen LogP contribution in [0.5, 0.6) is 0 Å². The Morgan fingerprint density at radius 3 is 2.57 bits per heavy atom. The quantitative estimate of drug-likeness (QED) is 0.697. The molecular weight excluding hydrogens is 469 g/mol. The maximum Gasteiger partial charge on any atom is 0.262 e. The van der Waals surface area contributed by atoms with Gasteiger partial charge < -0.3 is 10.2 Å². The normalized spacial score (nSPS) is 16.1. The fourth-order valence-electron chi connectivity index (χ4n) is 3.06. The molecule has 0 spiro atoms. The lowest BCUT2D eigenvalue weighted by Crippen LogP contribution is -2.53. The number of carbonyl (C=O) groups excluding carboxylic acids is 2. The molecule has 28 heavy (non-hydrogen) atoms. The highest BCUT2D eigenvalue weighted by Crippen LogP contribution is 2.22. The lowest BCUT2D eigenvalue weighted by atomic mass is 10.2. The van der Waals surface area contributed by atoms with Gasteiger partial charge in [0.15, 0.2) is 0 Å². The van der Waals surface area contributed by atoms with Crippen molar-refractivity contribution in [3.63, 3.8) is 0 Å². The fourth-order valence-corrected chi connectivity index (χ4v) is 4.57. The number of rotatable bonds is 5. The summed E-state index contributed by atoms with van der Waals surface area (Å²) in [7, 11) is 0. The Balaban J connectivity index is 1.49. The van der Waals surface area contributed by atoms with Crippen molar-refractivity contribution in [3.05, 3.63) is 55.4 Å². The van der Waals surface area contributed by atoms with Gasteiger partial charge >= 0.3 is 0 Å². The van der Waals surface area contributed by atoms with Crippen molar-refractivity contribution in [2.45, 2.75) is 19.5 Å². The zero-order valence-corrected chi connectivity index (χ0v) is 18.4. The summed E-state index contributed by atoms with van der Waals surface area (Å²) in [6.45, 7) is 4.84. The van der Waals surface area contributed by atoms with Crippen molar-refractivity contribution >= 4 is 50.7 Å². The molecule has 0 bridgehead atoms. The van der Waals surface area contributed by atoms with Gasteiger partial charge in [-0.25, -0.2) is 4.39 Å². The van der Waals surface area contributed by atoms with E-state index in [1.165, 1.54) is 23.5 Å². The molecule has 1 atom stereocenters. The zero-order chi connectivity index (χ0) is 20.3. The lowest BCUT2D eigenvalue weighted by Gasteiger charge is -2.36. The predicted molar refractivity (Wildman–Crippen MR) is 112 cm³/mol. The Morgan fingerprint density at radius 2 is 1.96 bits per heavy atom. The number of nitrogens with one attached hydrogen (secondary N) is 1.